The lowest BCUT2D eigenvalue weighted by molar-refractivity contribution is -0.313. The molecule has 0 radical (unpaired) electrons. The second kappa shape index (κ2) is 15.4. The second-order valence-electron chi connectivity index (χ2n) is 14.9. The van der Waals surface area contributed by atoms with E-state index in [1.54, 1.807) is 41.5 Å². The first kappa shape index (κ1) is 37.7. The molecule has 13 heteroatoms. The van der Waals surface area contributed by atoms with Gasteiger partial charge in [-0.05, 0) is 79.1 Å². The molecule has 2 aliphatic heterocycles. The maximum Gasteiger partial charge on any atom is 0.408 e. The zero-order chi connectivity index (χ0) is 33.9. The van der Waals surface area contributed by atoms with E-state index in [0.29, 0.717) is 12.8 Å². The average Bonchev–Trinajstić information content (AvgIpc) is 2.92. The zero-order valence-electron chi connectivity index (χ0n) is 28.4. The van der Waals surface area contributed by atoms with Crippen LogP contribution in [0, 0.1) is 17.8 Å². The Morgan fingerprint density at radius 1 is 0.844 bits per heavy atom. The van der Waals surface area contributed by atoms with Crippen molar-refractivity contribution in [3.05, 3.63) is 0 Å². The van der Waals surface area contributed by atoms with E-state index in [-0.39, 0.29) is 17.9 Å². The lowest BCUT2D eigenvalue weighted by atomic mass is 9.68. The molecule has 1 saturated carbocycles. The van der Waals surface area contributed by atoms with Crippen LogP contribution in [0.5, 0.6) is 0 Å². The Labute approximate surface area is 267 Å². The Balaban J connectivity index is 1.91. The molecular formula is C32H58N2O11. The van der Waals surface area contributed by atoms with Crippen molar-refractivity contribution in [2.24, 2.45) is 17.8 Å². The van der Waals surface area contributed by atoms with E-state index >= 15 is 0 Å². The van der Waals surface area contributed by atoms with Crippen LogP contribution in [0.1, 0.15) is 94.4 Å². The smallest absolute Gasteiger partial charge is 0.408 e. The predicted octanol–water partition coefficient (Wildman–Crippen LogP) is 2.60. The van der Waals surface area contributed by atoms with Crippen molar-refractivity contribution in [3.8, 4) is 0 Å². The largest absolute Gasteiger partial charge is 0.444 e. The highest BCUT2D eigenvalue weighted by atomic mass is 16.7. The molecular weight excluding hydrogens is 588 g/mol. The summed E-state index contributed by atoms with van der Waals surface area (Å²) >= 11 is 0. The molecule has 13 atom stereocenters. The van der Waals surface area contributed by atoms with Gasteiger partial charge in [0.15, 0.2) is 6.29 Å². The highest BCUT2D eigenvalue weighted by molar-refractivity contribution is 5.68. The van der Waals surface area contributed by atoms with Crippen molar-refractivity contribution in [1.29, 1.82) is 0 Å². The zero-order valence-corrected chi connectivity index (χ0v) is 28.4. The van der Waals surface area contributed by atoms with Crippen molar-refractivity contribution < 1.29 is 53.7 Å². The molecule has 0 bridgehead atoms. The van der Waals surface area contributed by atoms with Crippen LogP contribution in [0.15, 0.2) is 0 Å². The number of ether oxygens (including phenoxy) is 5. The number of aliphatic hydroxyl groups is 4. The summed E-state index contributed by atoms with van der Waals surface area (Å²) in [7, 11) is 0. The number of carbonyl (C=O) groups excluding carboxylic acids is 2. The van der Waals surface area contributed by atoms with Crippen molar-refractivity contribution in [2.45, 2.75) is 167 Å². The van der Waals surface area contributed by atoms with Crippen molar-refractivity contribution in [1.82, 2.24) is 10.6 Å². The van der Waals surface area contributed by atoms with E-state index in [1.807, 2.05) is 6.92 Å². The van der Waals surface area contributed by atoms with Crippen LogP contribution in [0.25, 0.3) is 0 Å². The molecule has 0 spiro atoms. The number of alkyl carbamates (subject to hydrolysis) is 2. The maximum atomic E-state index is 13.0. The summed E-state index contributed by atoms with van der Waals surface area (Å²) < 4.78 is 29.6. The van der Waals surface area contributed by atoms with Crippen molar-refractivity contribution in [3.63, 3.8) is 0 Å². The summed E-state index contributed by atoms with van der Waals surface area (Å²) in [5.41, 5.74) is -1.54. The number of hydrogen-bond acceptors (Lipinski definition) is 11. The molecule has 2 saturated heterocycles. The van der Waals surface area contributed by atoms with Gasteiger partial charge in [-0.25, -0.2) is 9.59 Å². The number of carbonyl (C=O) groups is 2. The third-order valence-electron chi connectivity index (χ3n) is 8.99. The molecule has 3 rings (SSSR count). The van der Waals surface area contributed by atoms with Gasteiger partial charge in [0, 0.05) is 12.0 Å². The Kier molecular flexibility index (Phi) is 12.9. The van der Waals surface area contributed by atoms with Crippen LogP contribution in [0.2, 0.25) is 0 Å². The Morgan fingerprint density at radius 2 is 1.44 bits per heavy atom. The van der Waals surface area contributed by atoms with E-state index < -0.39 is 90.9 Å². The van der Waals surface area contributed by atoms with Gasteiger partial charge in [-0.3, -0.25) is 0 Å². The fourth-order valence-electron chi connectivity index (χ4n) is 6.76. The highest BCUT2D eigenvalue weighted by Crippen LogP contribution is 2.42. The summed E-state index contributed by atoms with van der Waals surface area (Å²) in [6, 6.07) is -1.78. The lowest BCUT2D eigenvalue weighted by Crippen LogP contribution is -2.67. The number of nitrogens with one attached hydrogen (secondary N) is 2. The number of amides is 2. The SMILES string of the molecule is CCC1CCC(C)C(C2C(NC(=O)OC(C)(C)C)CC(CC)C(OC3OC(CO)C(O)C(NC(=O)OC(C)(C)C)C3O)C2O)O1. The normalized spacial score (nSPS) is 39.5. The first-order valence-corrected chi connectivity index (χ1v) is 16.5. The van der Waals surface area contributed by atoms with Crippen LogP contribution in [0.4, 0.5) is 9.59 Å². The van der Waals surface area contributed by atoms with Crippen molar-refractivity contribution in [2.75, 3.05) is 6.61 Å². The molecule has 0 aromatic rings. The van der Waals surface area contributed by atoms with Crippen LogP contribution in [-0.2, 0) is 23.7 Å². The van der Waals surface area contributed by atoms with Crippen molar-refractivity contribution >= 4 is 12.2 Å². The van der Waals surface area contributed by atoms with Crippen LogP contribution >= 0.6 is 0 Å². The van der Waals surface area contributed by atoms with Gasteiger partial charge in [-0.15, -0.1) is 0 Å². The topological polar surface area (TPSA) is 185 Å². The number of rotatable bonds is 8. The van der Waals surface area contributed by atoms with Crippen LogP contribution in [-0.4, -0.2) is 112 Å². The minimum Gasteiger partial charge on any atom is -0.444 e. The van der Waals surface area contributed by atoms with Gasteiger partial charge in [0.1, 0.15) is 29.5 Å². The molecule has 2 amide bonds. The van der Waals surface area contributed by atoms with Gasteiger partial charge in [-0.1, -0.05) is 27.2 Å². The summed E-state index contributed by atoms with van der Waals surface area (Å²) in [6.07, 6.45) is -5.89. The molecule has 1 aliphatic carbocycles. The Morgan fingerprint density at radius 3 is 1.98 bits per heavy atom. The van der Waals surface area contributed by atoms with Crippen LogP contribution in [0.3, 0.4) is 0 Å². The summed E-state index contributed by atoms with van der Waals surface area (Å²) in [5, 5.41) is 49.7. The summed E-state index contributed by atoms with van der Waals surface area (Å²) in [4.78, 5) is 25.6. The molecule has 13 nitrogen and oxygen atoms in total. The predicted molar refractivity (Wildman–Crippen MR) is 164 cm³/mol. The number of hydrogen-bond donors (Lipinski definition) is 6. The number of aliphatic hydroxyl groups excluding tert-OH is 4. The van der Waals surface area contributed by atoms with E-state index in [4.69, 9.17) is 23.7 Å². The minimum atomic E-state index is -1.56. The first-order valence-electron chi connectivity index (χ1n) is 16.5. The quantitative estimate of drug-likeness (QED) is 0.228. The average molecular weight is 647 g/mol. The third-order valence-corrected chi connectivity index (χ3v) is 8.99. The Bertz CT molecular complexity index is 970. The van der Waals surface area contributed by atoms with E-state index in [2.05, 4.69) is 24.5 Å². The third kappa shape index (κ3) is 9.88. The van der Waals surface area contributed by atoms with Gasteiger partial charge in [0.05, 0.1) is 37.1 Å². The minimum absolute atomic E-state index is 0.0128. The van der Waals surface area contributed by atoms with Gasteiger partial charge >= 0.3 is 12.2 Å². The molecule has 0 aromatic carbocycles. The molecule has 0 aromatic heterocycles. The highest BCUT2D eigenvalue weighted by Gasteiger charge is 2.54. The fraction of sp³-hybridized carbons (Fsp3) is 0.938. The summed E-state index contributed by atoms with van der Waals surface area (Å²) in [6.45, 7) is 15.9. The van der Waals surface area contributed by atoms with Gasteiger partial charge in [0.25, 0.3) is 0 Å². The van der Waals surface area contributed by atoms with Gasteiger partial charge in [0.2, 0.25) is 0 Å². The standard InChI is InChI=1S/C32H58N2O11/c1-10-17-14-19(33-29(39)44-31(4,5)6)21(26-16(3)12-13-18(11-2)41-26)24(37)27(17)43-28-25(38)22(23(36)20(15-35)42-28)34-30(40)45-32(7,8)9/h16-28,35-38H,10-15H2,1-9H3,(H,33,39)(H,34,40). The first-order chi connectivity index (χ1) is 20.9. The molecule has 13 unspecified atom stereocenters. The van der Waals surface area contributed by atoms with Crippen LogP contribution < -0.4 is 10.6 Å². The summed E-state index contributed by atoms with van der Waals surface area (Å²) in [5.74, 6) is -0.781. The van der Waals surface area contributed by atoms with E-state index in [1.165, 1.54) is 0 Å². The van der Waals surface area contributed by atoms with E-state index in [0.717, 1.165) is 19.3 Å². The molecule has 3 fully saturated rings. The molecule has 262 valence electrons. The van der Waals surface area contributed by atoms with Gasteiger partial charge in [-0.2, -0.15) is 0 Å². The van der Waals surface area contributed by atoms with E-state index in [9.17, 15) is 30.0 Å². The second-order valence-corrected chi connectivity index (χ2v) is 14.9. The molecule has 45 heavy (non-hydrogen) atoms. The fourth-order valence-corrected chi connectivity index (χ4v) is 6.76. The maximum absolute atomic E-state index is 13.0. The van der Waals surface area contributed by atoms with Gasteiger partial charge < -0.3 is 54.7 Å². The Hall–Kier alpha value is -1.74. The lowest BCUT2D eigenvalue weighted by Gasteiger charge is -2.52. The molecule has 2 heterocycles. The molecule has 3 aliphatic rings. The monoisotopic (exact) mass is 646 g/mol. The molecule has 6 N–H and O–H groups in total.